The predicted octanol–water partition coefficient (Wildman–Crippen LogP) is 2.60. The molecule has 0 bridgehead atoms. The summed E-state index contributed by atoms with van der Waals surface area (Å²) >= 11 is 0. The summed E-state index contributed by atoms with van der Waals surface area (Å²) < 4.78 is 0. The molecule has 1 aliphatic rings. The van der Waals surface area contributed by atoms with Crippen LogP contribution in [0.3, 0.4) is 0 Å². The highest BCUT2D eigenvalue weighted by Crippen LogP contribution is 2.18. The third-order valence-electron chi connectivity index (χ3n) is 3.93. The van der Waals surface area contributed by atoms with Crippen LogP contribution in [-0.4, -0.2) is 34.9 Å². The van der Waals surface area contributed by atoms with Crippen molar-refractivity contribution in [2.75, 3.05) is 28.6 Å². The van der Waals surface area contributed by atoms with Gasteiger partial charge in [0.2, 0.25) is 11.9 Å². The van der Waals surface area contributed by atoms with E-state index in [2.05, 4.69) is 25.5 Å². The molecule has 0 radical (unpaired) electrons. The van der Waals surface area contributed by atoms with E-state index < -0.39 is 0 Å². The zero-order valence-corrected chi connectivity index (χ0v) is 14.4. The Labute approximate surface area is 146 Å². The first kappa shape index (κ1) is 16.9. The molecule has 1 aromatic carbocycles. The predicted molar refractivity (Wildman–Crippen MR) is 96.9 cm³/mol. The summed E-state index contributed by atoms with van der Waals surface area (Å²) in [6.07, 6.45) is 2.25. The molecule has 1 aromatic heterocycles. The van der Waals surface area contributed by atoms with E-state index in [1.165, 1.54) is 6.92 Å². The molecule has 0 saturated carbocycles. The Morgan fingerprint density at radius 2 is 1.60 bits per heavy atom. The van der Waals surface area contributed by atoms with E-state index in [4.69, 9.17) is 0 Å². The summed E-state index contributed by atoms with van der Waals surface area (Å²) in [6, 6.07) is 8.62. The largest absolute Gasteiger partial charge is 0.341 e. The van der Waals surface area contributed by atoms with E-state index >= 15 is 0 Å². The fourth-order valence-electron chi connectivity index (χ4n) is 2.76. The van der Waals surface area contributed by atoms with Gasteiger partial charge in [-0.2, -0.15) is 0 Å². The van der Waals surface area contributed by atoms with E-state index in [1.54, 1.807) is 30.3 Å². The van der Waals surface area contributed by atoms with E-state index in [9.17, 15) is 9.59 Å². The van der Waals surface area contributed by atoms with Crippen LogP contribution in [0.15, 0.2) is 30.3 Å². The standard InChI is InChI=1S/C18H21N5O2/c1-12-11-16(22-18(19-12)23-9-3-4-10-23)17(25)21-15-7-5-14(6-8-15)20-13(2)24/h5-8,11H,3-4,9-10H2,1-2H3,(H,20,24)(H,21,25). The van der Waals surface area contributed by atoms with Gasteiger partial charge in [0.25, 0.3) is 5.91 Å². The molecule has 0 spiro atoms. The Balaban J connectivity index is 1.73. The molecule has 1 aliphatic heterocycles. The topological polar surface area (TPSA) is 87.2 Å². The molecule has 2 N–H and O–H groups in total. The summed E-state index contributed by atoms with van der Waals surface area (Å²) in [6.45, 7) is 5.16. The van der Waals surface area contributed by atoms with Crippen LogP contribution in [0, 0.1) is 6.92 Å². The lowest BCUT2D eigenvalue weighted by Gasteiger charge is -2.16. The van der Waals surface area contributed by atoms with E-state index in [1.807, 2.05) is 6.92 Å². The van der Waals surface area contributed by atoms with E-state index in [0.717, 1.165) is 31.6 Å². The maximum absolute atomic E-state index is 12.5. The summed E-state index contributed by atoms with van der Waals surface area (Å²) in [4.78, 5) is 34.5. The number of benzene rings is 1. The van der Waals surface area contributed by atoms with E-state index in [0.29, 0.717) is 23.0 Å². The van der Waals surface area contributed by atoms with Gasteiger partial charge in [-0.1, -0.05) is 0 Å². The van der Waals surface area contributed by atoms with Crippen molar-refractivity contribution < 1.29 is 9.59 Å². The quantitative estimate of drug-likeness (QED) is 0.894. The lowest BCUT2D eigenvalue weighted by molar-refractivity contribution is -0.114. The summed E-state index contributed by atoms with van der Waals surface area (Å²) in [5.41, 5.74) is 2.43. The van der Waals surface area contributed by atoms with Gasteiger partial charge in [-0.05, 0) is 50.1 Å². The minimum Gasteiger partial charge on any atom is -0.341 e. The van der Waals surface area contributed by atoms with Gasteiger partial charge < -0.3 is 15.5 Å². The van der Waals surface area contributed by atoms with Crippen LogP contribution in [0.5, 0.6) is 0 Å². The van der Waals surface area contributed by atoms with Crippen molar-refractivity contribution in [3.8, 4) is 0 Å². The lowest BCUT2D eigenvalue weighted by Crippen LogP contribution is -2.23. The highest BCUT2D eigenvalue weighted by molar-refractivity contribution is 6.03. The average molecular weight is 339 g/mol. The summed E-state index contributed by atoms with van der Waals surface area (Å²) in [7, 11) is 0. The smallest absolute Gasteiger partial charge is 0.274 e. The molecule has 7 heteroatoms. The number of rotatable bonds is 4. The molecule has 0 aliphatic carbocycles. The van der Waals surface area contributed by atoms with Crippen LogP contribution in [0.2, 0.25) is 0 Å². The van der Waals surface area contributed by atoms with Crippen molar-refractivity contribution in [1.29, 1.82) is 0 Å². The monoisotopic (exact) mass is 339 g/mol. The minimum atomic E-state index is -0.279. The van der Waals surface area contributed by atoms with Gasteiger partial charge in [-0.15, -0.1) is 0 Å². The minimum absolute atomic E-state index is 0.136. The second-order valence-electron chi connectivity index (χ2n) is 6.10. The third kappa shape index (κ3) is 4.32. The Kier molecular flexibility index (Phi) is 4.92. The number of carbonyl (C=O) groups is 2. The lowest BCUT2D eigenvalue weighted by atomic mass is 10.2. The normalized spacial score (nSPS) is 13.6. The molecule has 25 heavy (non-hydrogen) atoms. The zero-order valence-electron chi connectivity index (χ0n) is 14.4. The Hall–Kier alpha value is -2.96. The highest BCUT2D eigenvalue weighted by atomic mass is 16.2. The van der Waals surface area contributed by atoms with Crippen LogP contribution in [0.1, 0.15) is 35.9 Å². The highest BCUT2D eigenvalue weighted by Gasteiger charge is 2.18. The van der Waals surface area contributed by atoms with Crippen LogP contribution in [-0.2, 0) is 4.79 Å². The average Bonchev–Trinajstić information content (AvgIpc) is 3.10. The van der Waals surface area contributed by atoms with Gasteiger partial charge in [0.05, 0.1) is 0 Å². The third-order valence-corrected chi connectivity index (χ3v) is 3.93. The second kappa shape index (κ2) is 7.29. The van der Waals surface area contributed by atoms with Gasteiger partial charge in [0.15, 0.2) is 0 Å². The number of carbonyl (C=O) groups excluding carboxylic acids is 2. The first-order valence-corrected chi connectivity index (χ1v) is 8.31. The molecule has 1 fully saturated rings. The fourth-order valence-corrected chi connectivity index (χ4v) is 2.76. The number of nitrogens with zero attached hydrogens (tertiary/aromatic N) is 3. The second-order valence-corrected chi connectivity index (χ2v) is 6.10. The number of hydrogen-bond acceptors (Lipinski definition) is 5. The molecular weight excluding hydrogens is 318 g/mol. The van der Waals surface area contributed by atoms with Crippen molar-refractivity contribution in [3.63, 3.8) is 0 Å². The molecule has 7 nitrogen and oxygen atoms in total. The molecule has 3 rings (SSSR count). The van der Waals surface area contributed by atoms with Crippen LogP contribution < -0.4 is 15.5 Å². The van der Waals surface area contributed by atoms with Gasteiger partial charge in [0, 0.05) is 37.1 Å². The number of anilines is 3. The molecule has 2 aromatic rings. The SMILES string of the molecule is CC(=O)Nc1ccc(NC(=O)c2cc(C)nc(N3CCCC3)n2)cc1. The molecule has 0 unspecified atom stereocenters. The van der Waals surface area contributed by atoms with Gasteiger partial charge in [0.1, 0.15) is 5.69 Å². The maximum Gasteiger partial charge on any atom is 0.274 e. The fraction of sp³-hybridized carbons (Fsp3) is 0.333. The van der Waals surface area contributed by atoms with Crippen LogP contribution in [0.4, 0.5) is 17.3 Å². The number of aryl methyl sites for hydroxylation is 1. The number of hydrogen-bond donors (Lipinski definition) is 2. The van der Waals surface area contributed by atoms with Gasteiger partial charge >= 0.3 is 0 Å². The van der Waals surface area contributed by atoms with Crippen molar-refractivity contribution in [1.82, 2.24) is 9.97 Å². The Morgan fingerprint density at radius 3 is 2.20 bits per heavy atom. The maximum atomic E-state index is 12.5. The number of nitrogens with one attached hydrogen (secondary N) is 2. The van der Waals surface area contributed by atoms with Crippen molar-refractivity contribution in [2.45, 2.75) is 26.7 Å². The number of aromatic nitrogens is 2. The molecule has 2 heterocycles. The number of amides is 2. The molecule has 2 amide bonds. The Bertz CT molecular complexity index is 783. The summed E-state index contributed by atoms with van der Waals surface area (Å²) in [5.74, 6) is 0.199. The molecule has 130 valence electrons. The van der Waals surface area contributed by atoms with Crippen LogP contribution >= 0.6 is 0 Å². The van der Waals surface area contributed by atoms with Crippen molar-refractivity contribution in [3.05, 3.63) is 41.7 Å². The molecule has 0 atom stereocenters. The molecule has 1 saturated heterocycles. The first-order valence-electron chi connectivity index (χ1n) is 8.31. The Morgan fingerprint density at radius 1 is 1.00 bits per heavy atom. The first-order chi connectivity index (χ1) is 12.0. The van der Waals surface area contributed by atoms with Crippen molar-refractivity contribution >= 4 is 29.1 Å². The zero-order chi connectivity index (χ0) is 17.8. The summed E-state index contributed by atoms with van der Waals surface area (Å²) in [5, 5.41) is 5.51. The molecular formula is C18H21N5O2. The van der Waals surface area contributed by atoms with E-state index in [-0.39, 0.29) is 11.8 Å². The van der Waals surface area contributed by atoms with Gasteiger partial charge in [-0.25, -0.2) is 9.97 Å². The van der Waals surface area contributed by atoms with Gasteiger partial charge in [-0.3, -0.25) is 9.59 Å². The van der Waals surface area contributed by atoms with Crippen molar-refractivity contribution in [2.24, 2.45) is 0 Å². The van der Waals surface area contributed by atoms with Crippen LogP contribution in [0.25, 0.3) is 0 Å².